The number of aryl methyl sites for hydroxylation is 1. The fraction of sp³-hybridized carbons (Fsp3) is 0.615. The van der Waals surface area contributed by atoms with Crippen LogP contribution in [0.5, 0.6) is 0 Å². The van der Waals surface area contributed by atoms with Crippen molar-refractivity contribution in [3.8, 4) is 0 Å². The Morgan fingerprint density at radius 3 is 3.11 bits per heavy atom. The molecule has 0 bridgehead atoms. The van der Waals surface area contributed by atoms with Gasteiger partial charge in [0, 0.05) is 25.9 Å². The van der Waals surface area contributed by atoms with Crippen LogP contribution in [0.2, 0.25) is 0 Å². The number of hydrogen-bond donors (Lipinski definition) is 1. The number of carbonyl (C=O) groups excluding carboxylic acids is 1. The van der Waals surface area contributed by atoms with Crippen LogP contribution in [0.25, 0.3) is 0 Å². The lowest BCUT2D eigenvalue weighted by Crippen LogP contribution is -2.52. The van der Waals surface area contributed by atoms with Crippen LogP contribution in [0.3, 0.4) is 0 Å². The van der Waals surface area contributed by atoms with Gasteiger partial charge in [0.15, 0.2) is 0 Å². The van der Waals surface area contributed by atoms with Gasteiger partial charge in [0.1, 0.15) is 5.76 Å². The highest BCUT2D eigenvalue weighted by atomic mass is 16.5. The molecule has 1 aromatic rings. The second-order valence-corrected chi connectivity index (χ2v) is 4.67. The maximum atomic E-state index is 12.2. The Kier molecular flexibility index (Phi) is 4.38. The average Bonchev–Trinajstić information content (AvgIpc) is 2.89. The number of rotatable bonds is 4. The Bertz CT molecular complexity index is 378. The van der Waals surface area contributed by atoms with Crippen LogP contribution in [0.4, 0.5) is 0 Å². The average molecular weight is 252 g/mol. The monoisotopic (exact) mass is 252 g/mol. The van der Waals surface area contributed by atoms with Gasteiger partial charge in [-0.25, -0.2) is 0 Å². The zero-order valence-corrected chi connectivity index (χ0v) is 10.7. The van der Waals surface area contributed by atoms with E-state index in [2.05, 4.69) is 0 Å². The minimum atomic E-state index is -0.0336. The maximum absolute atomic E-state index is 12.2. The Balaban J connectivity index is 1.86. The molecular formula is C13H20N2O3. The Morgan fingerprint density at radius 1 is 1.61 bits per heavy atom. The summed E-state index contributed by atoms with van der Waals surface area (Å²) in [6, 6.07) is 3.84. The van der Waals surface area contributed by atoms with Crippen LogP contribution in [0.15, 0.2) is 22.8 Å². The predicted molar refractivity (Wildman–Crippen MR) is 67.0 cm³/mol. The molecule has 1 amide bonds. The largest absolute Gasteiger partial charge is 0.469 e. The molecule has 0 saturated carbocycles. The number of ether oxygens (including phenoxy) is 1. The molecule has 0 spiro atoms. The van der Waals surface area contributed by atoms with E-state index in [4.69, 9.17) is 14.9 Å². The van der Waals surface area contributed by atoms with Crippen molar-refractivity contribution >= 4 is 5.91 Å². The van der Waals surface area contributed by atoms with E-state index in [-0.39, 0.29) is 18.1 Å². The van der Waals surface area contributed by atoms with Crippen LogP contribution in [0.1, 0.15) is 19.1 Å². The van der Waals surface area contributed by atoms with E-state index < -0.39 is 0 Å². The van der Waals surface area contributed by atoms with Gasteiger partial charge in [-0.3, -0.25) is 4.79 Å². The minimum absolute atomic E-state index is 0.0336. The van der Waals surface area contributed by atoms with Crippen LogP contribution in [0, 0.1) is 0 Å². The second-order valence-electron chi connectivity index (χ2n) is 4.67. The van der Waals surface area contributed by atoms with Gasteiger partial charge >= 0.3 is 0 Å². The number of nitrogens with two attached hydrogens (primary N) is 1. The highest BCUT2D eigenvalue weighted by Crippen LogP contribution is 2.14. The van der Waals surface area contributed by atoms with Gasteiger partial charge in [0.25, 0.3) is 0 Å². The third-order valence-electron chi connectivity index (χ3n) is 3.25. The zero-order chi connectivity index (χ0) is 13.0. The summed E-state index contributed by atoms with van der Waals surface area (Å²) in [6.07, 6.45) is 2.70. The first-order chi connectivity index (χ1) is 8.70. The molecule has 1 saturated heterocycles. The first kappa shape index (κ1) is 13.1. The van der Waals surface area contributed by atoms with Crippen LogP contribution >= 0.6 is 0 Å². The molecular weight excluding hydrogens is 232 g/mol. The first-order valence-corrected chi connectivity index (χ1v) is 6.34. The molecule has 0 aliphatic carbocycles. The van der Waals surface area contributed by atoms with Crippen molar-refractivity contribution in [2.24, 2.45) is 5.73 Å². The van der Waals surface area contributed by atoms with Gasteiger partial charge in [-0.05, 0) is 19.1 Å². The summed E-state index contributed by atoms with van der Waals surface area (Å²) < 4.78 is 10.8. The molecule has 100 valence electrons. The van der Waals surface area contributed by atoms with Crippen LogP contribution in [-0.2, 0) is 16.0 Å². The van der Waals surface area contributed by atoms with E-state index in [1.165, 1.54) is 0 Å². The van der Waals surface area contributed by atoms with E-state index in [0.29, 0.717) is 32.5 Å². The van der Waals surface area contributed by atoms with Crippen molar-refractivity contribution in [1.29, 1.82) is 0 Å². The van der Waals surface area contributed by atoms with Gasteiger partial charge in [0.2, 0.25) is 5.91 Å². The normalized spacial score (nSPS) is 24.2. The van der Waals surface area contributed by atoms with Gasteiger partial charge in [0.05, 0.1) is 25.0 Å². The number of amides is 1. The number of furan rings is 1. The summed E-state index contributed by atoms with van der Waals surface area (Å²) in [7, 11) is 0. The lowest BCUT2D eigenvalue weighted by molar-refractivity contribution is -0.143. The van der Waals surface area contributed by atoms with E-state index in [9.17, 15) is 4.79 Å². The molecule has 1 aliphatic rings. The summed E-state index contributed by atoms with van der Waals surface area (Å²) >= 11 is 0. The van der Waals surface area contributed by atoms with Crippen molar-refractivity contribution in [3.05, 3.63) is 24.2 Å². The molecule has 1 aromatic heterocycles. The first-order valence-electron chi connectivity index (χ1n) is 6.34. The summed E-state index contributed by atoms with van der Waals surface area (Å²) in [6.45, 7) is 3.61. The summed E-state index contributed by atoms with van der Waals surface area (Å²) in [5.74, 6) is 0.986. The van der Waals surface area contributed by atoms with Crippen molar-refractivity contribution in [2.75, 3.05) is 19.7 Å². The number of morpholine rings is 1. The number of hydrogen-bond acceptors (Lipinski definition) is 4. The third kappa shape index (κ3) is 3.11. The SMILES string of the molecule is CC1COC(CN)CN1C(=O)CCc1ccco1. The molecule has 2 atom stereocenters. The molecule has 0 radical (unpaired) electrons. The molecule has 5 nitrogen and oxygen atoms in total. The minimum Gasteiger partial charge on any atom is -0.469 e. The smallest absolute Gasteiger partial charge is 0.223 e. The van der Waals surface area contributed by atoms with Crippen LogP contribution in [-0.4, -0.2) is 42.6 Å². The quantitative estimate of drug-likeness (QED) is 0.860. The van der Waals surface area contributed by atoms with Gasteiger partial charge in [-0.15, -0.1) is 0 Å². The fourth-order valence-electron chi connectivity index (χ4n) is 2.14. The van der Waals surface area contributed by atoms with E-state index in [0.717, 1.165) is 5.76 Å². The highest BCUT2D eigenvalue weighted by Gasteiger charge is 2.28. The zero-order valence-electron chi connectivity index (χ0n) is 10.7. The molecule has 1 aliphatic heterocycles. The molecule has 5 heteroatoms. The van der Waals surface area contributed by atoms with E-state index in [1.54, 1.807) is 6.26 Å². The topological polar surface area (TPSA) is 68.7 Å². The van der Waals surface area contributed by atoms with Gasteiger partial charge in [-0.2, -0.15) is 0 Å². The molecule has 2 unspecified atom stereocenters. The van der Waals surface area contributed by atoms with Crippen molar-refractivity contribution in [1.82, 2.24) is 4.90 Å². The molecule has 2 rings (SSSR count). The van der Waals surface area contributed by atoms with Gasteiger partial charge < -0.3 is 19.8 Å². The Hall–Kier alpha value is -1.33. The van der Waals surface area contributed by atoms with Crippen molar-refractivity contribution in [2.45, 2.75) is 31.9 Å². The van der Waals surface area contributed by atoms with Crippen molar-refractivity contribution in [3.63, 3.8) is 0 Å². The molecule has 18 heavy (non-hydrogen) atoms. The fourth-order valence-corrected chi connectivity index (χ4v) is 2.14. The molecule has 2 N–H and O–H groups in total. The molecule has 2 heterocycles. The predicted octanol–water partition coefficient (Wildman–Crippen LogP) is 0.787. The van der Waals surface area contributed by atoms with E-state index >= 15 is 0 Å². The lowest BCUT2D eigenvalue weighted by atomic mass is 10.1. The van der Waals surface area contributed by atoms with Crippen molar-refractivity contribution < 1.29 is 13.9 Å². The summed E-state index contributed by atoms with van der Waals surface area (Å²) in [5, 5.41) is 0. The Morgan fingerprint density at radius 2 is 2.44 bits per heavy atom. The lowest BCUT2D eigenvalue weighted by Gasteiger charge is -2.37. The Labute approximate surface area is 107 Å². The molecule has 0 aromatic carbocycles. The second kappa shape index (κ2) is 6.02. The molecule has 1 fully saturated rings. The summed E-state index contributed by atoms with van der Waals surface area (Å²) in [4.78, 5) is 14.0. The van der Waals surface area contributed by atoms with E-state index in [1.807, 2.05) is 24.0 Å². The number of nitrogens with zero attached hydrogens (tertiary/aromatic N) is 1. The van der Waals surface area contributed by atoms with Gasteiger partial charge in [-0.1, -0.05) is 0 Å². The third-order valence-corrected chi connectivity index (χ3v) is 3.25. The number of carbonyl (C=O) groups is 1. The summed E-state index contributed by atoms with van der Waals surface area (Å²) in [5.41, 5.74) is 5.58. The highest BCUT2D eigenvalue weighted by molar-refractivity contribution is 5.76. The standard InChI is InChI=1S/C13H20N2O3/c1-10-9-18-12(7-14)8-15(10)13(16)5-4-11-3-2-6-17-11/h2-3,6,10,12H,4-5,7-9,14H2,1H3. The van der Waals surface area contributed by atoms with Crippen LogP contribution < -0.4 is 5.73 Å². The maximum Gasteiger partial charge on any atom is 0.223 e.